The maximum atomic E-state index is 12.0. The maximum absolute atomic E-state index is 12.0. The van der Waals surface area contributed by atoms with Crippen LogP contribution in [0.2, 0.25) is 0 Å². The first-order chi connectivity index (χ1) is 14.2. The lowest BCUT2D eigenvalue weighted by molar-refractivity contribution is -0.123. The first kappa shape index (κ1) is 18.5. The Morgan fingerprint density at radius 3 is 2.45 bits per heavy atom. The standard InChI is InChI=1S/C24H21N3O2/c1-27-16-20(22-9-5-6-10-23(22)27)15-25-26-24(28)17-29-21-13-11-19(12-14-21)18-7-3-2-4-8-18/h2-16H,17H2,1H3,(H,26,28). The van der Waals surface area contributed by atoms with Crippen LogP contribution < -0.4 is 10.2 Å². The van der Waals surface area contributed by atoms with E-state index < -0.39 is 0 Å². The Morgan fingerprint density at radius 2 is 1.66 bits per heavy atom. The van der Waals surface area contributed by atoms with Crippen LogP contribution in [0.15, 0.2) is 90.2 Å². The van der Waals surface area contributed by atoms with Gasteiger partial charge in [-0.05, 0) is 29.3 Å². The van der Waals surface area contributed by atoms with E-state index in [2.05, 4.69) is 22.7 Å². The summed E-state index contributed by atoms with van der Waals surface area (Å²) in [7, 11) is 1.98. The molecule has 1 aromatic heterocycles. The number of carbonyl (C=O) groups excluding carboxylic acids is 1. The van der Waals surface area contributed by atoms with Gasteiger partial charge in [0.05, 0.1) is 6.21 Å². The summed E-state index contributed by atoms with van der Waals surface area (Å²) in [5.74, 6) is 0.325. The highest BCUT2D eigenvalue weighted by atomic mass is 16.5. The van der Waals surface area contributed by atoms with Crippen LogP contribution in [0, 0.1) is 0 Å². The summed E-state index contributed by atoms with van der Waals surface area (Å²) in [6.45, 7) is -0.0996. The number of nitrogens with one attached hydrogen (secondary N) is 1. The first-order valence-electron chi connectivity index (χ1n) is 9.35. The first-order valence-corrected chi connectivity index (χ1v) is 9.35. The second-order valence-electron chi connectivity index (χ2n) is 6.68. The average Bonchev–Trinajstić information content (AvgIpc) is 3.09. The molecule has 0 aliphatic rings. The van der Waals surface area contributed by atoms with E-state index in [0.29, 0.717) is 5.75 Å². The fourth-order valence-electron chi connectivity index (χ4n) is 3.21. The van der Waals surface area contributed by atoms with Crippen molar-refractivity contribution >= 4 is 23.0 Å². The van der Waals surface area contributed by atoms with E-state index in [1.165, 1.54) is 0 Å². The van der Waals surface area contributed by atoms with Gasteiger partial charge in [-0.3, -0.25) is 4.79 Å². The Morgan fingerprint density at radius 1 is 0.966 bits per heavy atom. The number of hydrogen-bond donors (Lipinski definition) is 1. The molecule has 4 aromatic rings. The largest absolute Gasteiger partial charge is 0.484 e. The normalized spacial score (nSPS) is 11.1. The molecule has 0 atom stereocenters. The van der Waals surface area contributed by atoms with Crippen molar-refractivity contribution in [2.75, 3.05) is 6.61 Å². The van der Waals surface area contributed by atoms with Crippen LogP contribution in [0.25, 0.3) is 22.0 Å². The number of aryl methyl sites for hydroxylation is 1. The van der Waals surface area contributed by atoms with Crippen molar-refractivity contribution in [3.63, 3.8) is 0 Å². The Balaban J connectivity index is 1.31. The van der Waals surface area contributed by atoms with Gasteiger partial charge in [-0.2, -0.15) is 5.10 Å². The van der Waals surface area contributed by atoms with Gasteiger partial charge in [-0.15, -0.1) is 0 Å². The predicted molar refractivity (Wildman–Crippen MR) is 116 cm³/mol. The number of nitrogens with zero attached hydrogens (tertiary/aromatic N) is 2. The summed E-state index contributed by atoms with van der Waals surface area (Å²) in [6, 6.07) is 25.8. The summed E-state index contributed by atoms with van der Waals surface area (Å²) in [4.78, 5) is 12.0. The third-order valence-corrected chi connectivity index (χ3v) is 4.65. The van der Waals surface area contributed by atoms with Crippen LogP contribution in [0.3, 0.4) is 0 Å². The van der Waals surface area contributed by atoms with Crippen molar-refractivity contribution in [2.45, 2.75) is 0 Å². The molecule has 29 heavy (non-hydrogen) atoms. The van der Waals surface area contributed by atoms with Crippen molar-refractivity contribution in [3.05, 3.63) is 90.6 Å². The molecule has 0 spiro atoms. The monoisotopic (exact) mass is 383 g/mol. The molecule has 0 aliphatic heterocycles. The number of aromatic nitrogens is 1. The number of ether oxygens (including phenoxy) is 1. The molecule has 144 valence electrons. The second kappa shape index (κ2) is 8.44. The molecule has 1 N–H and O–H groups in total. The molecule has 0 bridgehead atoms. The Kier molecular flexibility index (Phi) is 5.38. The molecule has 5 heteroatoms. The number of hydrazone groups is 1. The molecule has 1 heterocycles. The lowest BCUT2D eigenvalue weighted by Gasteiger charge is -2.06. The molecular formula is C24H21N3O2. The van der Waals surface area contributed by atoms with Crippen molar-refractivity contribution < 1.29 is 9.53 Å². The van der Waals surface area contributed by atoms with E-state index in [1.54, 1.807) is 6.21 Å². The van der Waals surface area contributed by atoms with Gasteiger partial charge in [0.15, 0.2) is 6.61 Å². The molecule has 0 aliphatic carbocycles. The van der Waals surface area contributed by atoms with E-state index in [-0.39, 0.29) is 12.5 Å². The maximum Gasteiger partial charge on any atom is 0.277 e. The third-order valence-electron chi connectivity index (χ3n) is 4.65. The molecular weight excluding hydrogens is 362 g/mol. The summed E-state index contributed by atoms with van der Waals surface area (Å²) >= 11 is 0. The molecule has 5 nitrogen and oxygen atoms in total. The van der Waals surface area contributed by atoms with Gasteiger partial charge in [-0.25, -0.2) is 5.43 Å². The fourth-order valence-corrected chi connectivity index (χ4v) is 3.21. The lowest BCUT2D eigenvalue weighted by Crippen LogP contribution is -2.24. The zero-order chi connectivity index (χ0) is 20.1. The number of hydrogen-bond acceptors (Lipinski definition) is 3. The molecule has 3 aromatic carbocycles. The summed E-state index contributed by atoms with van der Waals surface area (Å²) in [5, 5.41) is 5.14. The van der Waals surface area contributed by atoms with Gasteiger partial charge in [0.1, 0.15) is 5.75 Å². The Labute approximate surface area is 169 Å². The summed E-state index contributed by atoms with van der Waals surface area (Å²) in [6.07, 6.45) is 3.63. The molecule has 0 saturated heterocycles. The van der Waals surface area contributed by atoms with E-state index in [1.807, 2.05) is 84.5 Å². The van der Waals surface area contributed by atoms with Crippen LogP contribution in [0.1, 0.15) is 5.56 Å². The van der Waals surface area contributed by atoms with Crippen LogP contribution in [0.4, 0.5) is 0 Å². The van der Waals surface area contributed by atoms with E-state index in [9.17, 15) is 4.79 Å². The van der Waals surface area contributed by atoms with Crippen LogP contribution in [0.5, 0.6) is 5.75 Å². The van der Waals surface area contributed by atoms with Crippen LogP contribution in [-0.4, -0.2) is 23.3 Å². The van der Waals surface area contributed by atoms with Crippen molar-refractivity contribution in [1.29, 1.82) is 0 Å². The Hall–Kier alpha value is -3.86. The number of amides is 1. The van der Waals surface area contributed by atoms with E-state index in [0.717, 1.165) is 27.6 Å². The van der Waals surface area contributed by atoms with Gasteiger partial charge < -0.3 is 9.30 Å². The minimum Gasteiger partial charge on any atom is -0.484 e. The van der Waals surface area contributed by atoms with E-state index in [4.69, 9.17) is 4.74 Å². The third kappa shape index (κ3) is 4.35. The SMILES string of the molecule is Cn1cc(C=NNC(=O)COc2ccc(-c3ccccc3)cc2)c2ccccc21. The van der Waals surface area contributed by atoms with Gasteiger partial charge >= 0.3 is 0 Å². The van der Waals surface area contributed by atoms with Gasteiger partial charge in [0, 0.05) is 29.7 Å². The highest BCUT2D eigenvalue weighted by Crippen LogP contribution is 2.22. The highest BCUT2D eigenvalue weighted by molar-refractivity contribution is 5.99. The lowest BCUT2D eigenvalue weighted by atomic mass is 10.1. The molecule has 0 unspecified atom stereocenters. The molecule has 1 amide bonds. The topological polar surface area (TPSA) is 55.6 Å². The van der Waals surface area contributed by atoms with E-state index >= 15 is 0 Å². The molecule has 4 rings (SSSR count). The minimum absolute atomic E-state index is 0.0996. The quantitative estimate of drug-likeness (QED) is 0.397. The zero-order valence-corrected chi connectivity index (χ0v) is 16.1. The zero-order valence-electron chi connectivity index (χ0n) is 16.1. The molecule has 0 saturated carbocycles. The predicted octanol–water partition coefficient (Wildman–Crippen LogP) is 4.37. The van der Waals surface area contributed by atoms with Crippen molar-refractivity contribution in [2.24, 2.45) is 12.1 Å². The van der Waals surface area contributed by atoms with Gasteiger partial charge in [0.2, 0.25) is 0 Å². The van der Waals surface area contributed by atoms with Gasteiger partial charge in [-0.1, -0.05) is 60.7 Å². The summed E-state index contributed by atoms with van der Waals surface area (Å²) < 4.78 is 7.57. The number of rotatable bonds is 6. The number of para-hydroxylation sites is 1. The smallest absolute Gasteiger partial charge is 0.277 e. The molecule has 0 fully saturated rings. The fraction of sp³-hybridized carbons (Fsp3) is 0.0833. The van der Waals surface area contributed by atoms with Crippen LogP contribution >= 0.6 is 0 Å². The summed E-state index contributed by atoms with van der Waals surface area (Å²) in [5.41, 5.74) is 6.81. The average molecular weight is 383 g/mol. The van der Waals surface area contributed by atoms with Gasteiger partial charge in [0.25, 0.3) is 5.91 Å². The second-order valence-corrected chi connectivity index (χ2v) is 6.68. The molecule has 0 radical (unpaired) electrons. The number of fused-ring (bicyclic) bond motifs is 1. The van der Waals surface area contributed by atoms with Crippen molar-refractivity contribution in [1.82, 2.24) is 9.99 Å². The number of benzene rings is 3. The minimum atomic E-state index is -0.311. The van der Waals surface area contributed by atoms with Crippen LogP contribution in [-0.2, 0) is 11.8 Å². The number of carbonyl (C=O) groups is 1. The van der Waals surface area contributed by atoms with Crippen molar-refractivity contribution in [3.8, 4) is 16.9 Å². The highest BCUT2D eigenvalue weighted by Gasteiger charge is 2.05. The Bertz CT molecular complexity index is 1150.